The van der Waals surface area contributed by atoms with Crippen molar-refractivity contribution in [2.45, 2.75) is 26.3 Å². The van der Waals surface area contributed by atoms with Gasteiger partial charge in [-0.1, -0.05) is 26.0 Å². The van der Waals surface area contributed by atoms with Gasteiger partial charge in [-0.3, -0.25) is 4.79 Å². The molecule has 0 fully saturated rings. The lowest BCUT2D eigenvalue weighted by Gasteiger charge is -2.18. The van der Waals surface area contributed by atoms with E-state index in [2.05, 4.69) is 40.4 Å². The van der Waals surface area contributed by atoms with Crippen molar-refractivity contribution in [3.63, 3.8) is 0 Å². The largest absolute Gasteiger partial charge is 0.395 e. The molecule has 1 atom stereocenters. The highest BCUT2D eigenvalue weighted by atomic mass is 79.9. The molecular weight excluding hydrogens is 308 g/mol. The van der Waals surface area contributed by atoms with Gasteiger partial charge < -0.3 is 15.7 Å². The minimum absolute atomic E-state index is 0.0371. The first-order valence-corrected chi connectivity index (χ1v) is 7.20. The predicted molar refractivity (Wildman–Crippen MR) is 81.1 cm³/mol. The maximum atomic E-state index is 11.8. The summed E-state index contributed by atoms with van der Waals surface area (Å²) in [6, 6.07) is 7.42. The maximum absolute atomic E-state index is 11.8. The first-order chi connectivity index (χ1) is 9.02. The van der Waals surface area contributed by atoms with E-state index in [-0.39, 0.29) is 25.1 Å². The SMILES string of the molecule is CC(C)CC(CO)NCC(=O)Nc1ccccc1Br. The third-order valence-corrected chi connectivity index (χ3v) is 3.37. The van der Waals surface area contributed by atoms with Gasteiger partial charge in [0.2, 0.25) is 5.91 Å². The summed E-state index contributed by atoms with van der Waals surface area (Å²) >= 11 is 3.38. The molecule has 1 rings (SSSR count). The normalized spacial score (nSPS) is 12.5. The molecule has 4 nitrogen and oxygen atoms in total. The lowest BCUT2D eigenvalue weighted by Crippen LogP contribution is -2.39. The first-order valence-electron chi connectivity index (χ1n) is 6.41. The zero-order valence-electron chi connectivity index (χ0n) is 11.3. The van der Waals surface area contributed by atoms with Gasteiger partial charge in [-0.25, -0.2) is 0 Å². The molecule has 19 heavy (non-hydrogen) atoms. The predicted octanol–water partition coefficient (Wildman–Crippen LogP) is 2.38. The van der Waals surface area contributed by atoms with E-state index in [1.165, 1.54) is 0 Å². The third kappa shape index (κ3) is 6.18. The molecule has 0 saturated heterocycles. The number of hydrogen-bond acceptors (Lipinski definition) is 3. The number of amides is 1. The van der Waals surface area contributed by atoms with Crippen LogP contribution in [0.2, 0.25) is 0 Å². The molecule has 0 bridgehead atoms. The molecule has 106 valence electrons. The Balaban J connectivity index is 2.41. The van der Waals surface area contributed by atoms with E-state index in [4.69, 9.17) is 0 Å². The fourth-order valence-electron chi connectivity index (χ4n) is 1.79. The van der Waals surface area contributed by atoms with Crippen LogP contribution in [0.5, 0.6) is 0 Å². The topological polar surface area (TPSA) is 61.4 Å². The van der Waals surface area contributed by atoms with Gasteiger partial charge >= 0.3 is 0 Å². The molecule has 1 amide bonds. The molecule has 0 aromatic heterocycles. The van der Waals surface area contributed by atoms with Gasteiger partial charge in [0.15, 0.2) is 0 Å². The number of halogens is 1. The molecule has 3 N–H and O–H groups in total. The highest BCUT2D eigenvalue weighted by Crippen LogP contribution is 2.20. The fourth-order valence-corrected chi connectivity index (χ4v) is 2.17. The van der Waals surface area contributed by atoms with Crippen LogP contribution in [0.15, 0.2) is 28.7 Å². The molecule has 0 aliphatic carbocycles. The Morgan fingerprint density at radius 2 is 2.05 bits per heavy atom. The standard InChI is InChI=1S/C14H21BrN2O2/c1-10(2)7-11(9-18)16-8-14(19)17-13-6-4-3-5-12(13)15/h3-6,10-11,16,18H,7-9H2,1-2H3,(H,17,19). The number of aliphatic hydroxyl groups is 1. The summed E-state index contributed by atoms with van der Waals surface area (Å²) in [5.74, 6) is 0.366. The van der Waals surface area contributed by atoms with E-state index < -0.39 is 0 Å². The monoisotopic (exact) mass is 328 g/mol. The Bertz CT molecular complexity index is 410. The minimum atomic E-state index is -0.117. The zero-order valence-corrected chi connectivity index (χ0v) is 12.9. The third-order valence-electron chi connectivity index (χ3n) is 2.68. The second-order valence-corrected chi connectivity index (χ2v) is 5.77. The number of nitrogens with one attached hydrogen (secondary N) is 2. The van der Waals surface area contributed by atoms with Crippen molar-refractivity contribution in [2.24, 2.45) is 5.92 Å². The lowest BCUT2D eigenvalue weighted by molar-refractivity contribution is -0.115. The summed E-state index contributed by atoms with van der Waals surface area (Å²) in [5, 5.41) is 15.1. The molecule has 0 radical (unpaired) electrons. The van der Waals surface area contributed by atoms with Crippen LogP contribution in [-0.2, 0) is 4.79 Å². The molecule has 1 aromatic carbocycles. The Morgan fingerprint density at radius 1 is 1.37 bits per heavy atom. The summed E-state index contributed by atoms with van der Waals surface area (Å²) in [6.07, 6.45) is 0.846. The smallest absolute Gasteiger partial charge is 0.238 e. The molecule has 0 heterocycles. The molecular formula is C14H21BrN2O2. The van der Waals surface area contributed by atoms with E-state index in [1.807, 2.05) is 24.3 Å². The van der Waals surface area contributed by atoms with Crippen molar-refractivity contribution in [2.75, 3.05) is 18.5 Å². The number of para-hydroxylation sites is 1. The number of rotatable bonds is 7. The summed E-state index contributed by atoms with van der Waals surface area (Å²) in [7, 11) is 0. The van der Waals surface area contributed by atoms with Crippen molar-refractivity contribution in [1.82, 2.24) is 5.32 Å². The van der Waals surface area contributed by atoms with Crippen LogP contribution in [0.25, 0.3) is 0 Å². The van der Waals surface area contributed by atoms with Crippen molar-refractivity contribution < 1.29 is 9.90 Å². The summed E-state index contributed by atoms with van der Waals surface area (Å²) in [5.41, 5.74) is 0.749. The molecule has 1 unspecified atom stereocenters. The molecule has 0 saturated carbocycles. The van der Waals surface area contributed by atoms with Crippen molar-refractivity contribution in [1.29, 1.82) is 0 Å². The van der Waals surface area contributed by atoms with Crippen molar-refractivity contribution >= 4 is 27.5 Å². The van der Waals surface area contributed by atoms with Crippen LogP contribution in [-0.4, -0.2) is 30.2 Å². The van der Waals surface area contributed by atoms with Gasteiger partial charge in [0, 0.05) is 10.5 Å². The number of anilines is 1. The van der Waals surface area contributed by atoms with E-state index in [9.17, 15) is 9.90 Å². The number of benzene rings is 1. The lowest BCUT2D eigenvalue weighted by atomic mass is 10.0. The molecule has 1 aromatic rings. The highest BCUT2D eigenvalue weighted by Gasteiger charge is 2.11. The van der Waals surface area contributed by atoms with Gasteiger partial charge in [0.05, 0.1) is 18.8 Å². The fraction of sp³-hybridized carbons (Fsp3) is 0.500. The molecule has 0 aliphatic rings. The van der Waals surface area contributed by atoms with E-state index in [0.717, 1.165) is 16.6 Å². The Kier molecular flexibility index (Phi) is 7.05. The maximum Gasteiger partial charge on any atom is 0.238 e. The second-order valence-electron chi connectivity index (χ2n) is 4.92. The molecule has 0 spiro atoms. The summed E-state index contributed by atoms with van der Waals surface area (Å²) < 4.78 is 0.851. The van der Waals surface area contributed by atoms with Crippen LogP contribution in [0.1, 0.15) is 20.3 Å². The Labute approximate surface area is 122 Å². The quantitative estimate of drug-likeness (QED) is 0.720. The zero-order chi connectivity index (χ0) is 14.3. The number of carbonyl (C=O) groups excluding carboxylic acids is 1. The van der Waals surface area contributed by atoms with Crippen LogP contribution in [0, 0.1) is 5.92 Å². The summed E-state index contributed by atoms with van der Waals surface area (Å²) in [6.45, 7) is 4.41. The first kappa shape index (κ1) is 16.1. The van der Waals surface area contributed by atoms with Gasteiger partial charge in [-0.05, 0) is 40.4 Å². The van der Waals surface area contributed by atoms with E-state index in [0.29, 0.717) is 5.92 Å². The number of carbonyl (C=O) groups is 1. The van der Waals surface area contributed by atoms with Crippen LogP contribution in [0.4, 0.5) is 5.69 Å². The van der Waals surface area contributed by atoms with E-state index in [1.54, 1.807) is 0 Å². The average molecular weight is 329 g/mol. The Hall–Kier alpha value is -0.910. The number of aliphatic hydroxyl groups excluding tert-OH is 1. The second kappa shape index (κ2) is 8.30. The van der Waals surface area contributed by atoms with Gasteiger partial charge in [0.25, 0.3) is 0 Å². The van der Waals surface area contributed by atoms with Crippen LogP contribution >= 0.6 is 15.9 Å². The minimum Gasteiger partial charge on any atom is -0.395 e. The van der Waals surface area contributed by atoms with Gasteiger partial charge in [-0.15, -0.1) is 0 Å². The summed E-state index contributed by atoms with van der Waals surface area (Å²) in [4.78, 5) is 11.8. The van der Waals surface area contributed by atoms with Gasteiger partial charge in [0.1, 0.15) is 0 Å². The van der Waals surface area contributed by atoms with Crippen LogP contribution < -0.4 is 10.6 Å². The average Bonchev–Trinajstić information content (AvgIpc) is 2.37. The van der Waals surface area contributed by atoms with Crippen molar-refractivity contribution in [3.8, 4) is 0 Å². The van der Waals surface area contributed by atoms with E-state index >= 15 is 0 Å². The number of hydrogen-bond donors (Lipinski definition) is 3. The molecule has 5 heteroatoms. The van der Waals surface area contributed by atoms with Crippen molar-refractivity contribution in [3.05, 3.63) is 28.7 Å². The Morgan fingerprint density at radius 3 is 2.63 bits per heavy atom. The van der Waals surface area contributed by atoms with Gasteiger partial charge in [-0.2, -0.15) is 0 Å². The molecule has 0 aliphatic heterocycles. The van der Waals surface area contributed by atoms with Crippen LogP contribution in [0.3, 0.4) is 0 Å². The highest BCUT2D eigenvalue weighted by molar-refractivity contribution is 9.10.